The fourth-order valence-corrected chi connectivity index (χ4v) is 2.88. The molecule has 0 spiro atoms. The Morgan fingerprint density at radius 3 is 2.62 bits per heavy atom. The van der Waals surface area contributed by atoms with E-state index in [4.69, 9.17) is 0 Å². The summed E-state index contributed by atoms with van der Waals surface area (Å²) in [4.78, 5) is 19.2. The lowest BCUT2D eigenvalue weighted by atomic mass is 10.1. The highest BCUT2D eigenvalue weighted by Gasteiger charge is 2.27. The molecule has 1 aliphatic rings. The maximum absolute atomic E-state index is 12.8. The number of rotatable bonds is 6. The van der Waals surface area contributed by atoms with Gasteiger partial charge >= 0.3 is 0 Å². The molecular weight excluding hydrogens is 262 g/mol. The van der Waals surface area contributed by atoms with Crippen LogP contribution in [0.1, 0.15) is 56.4 Å². The topological polar surface area (TPSA) is 45.2 Å². The highest BCUT2D eigenvalue weighted by molar-refractivity contribution is 5.92. The minimum absolute atomic E-state index is 0.0882. The van der Waals surface area contributed by atoms with Gasteiger partial charge in [-0.3, -0.25) is 4.79 Å². The van der Waals surface area contributed by atoms with Crippen LogP contribution in [0.15, 0.2) is 18.3 Å². The van der Waals surface area contributed by atoms with Gasteiger partial charge in [0.05, 0.1) is 11.9 Å². The number of carbonyl (C=O) groups is 1. The molecule has 1 fully saturated rings. The summed E-state index contributed by atoms with van der Waals surface area (Å²) in [7, 11) is 1.85. The van der Waals surface area contributed by atoms with Crippen LogP contribution in [0.2, 0.25) is 0 Å². The maximum atomic E-state index is 12.8. The van der Waals surface area contributed by atoms with E-state index >= 15 is 0 Å². The lowest BCUT2D eigenvalue weighted by molar-refractivity contribution is 0.0666. The van der Waals surface area contributed by atoms with Gasteiger partial charge in [0.25, 0.3) is 5.91 Å². The van der Waals surface area contributed by atoms with Crippen LogP contribution in [-0.2, 0) is 0 Å². The molecule has 116 valence electrons. The fraction of sp³-hybridized carbons (Fsp3) is 0.647. The number of hydrogen-bond donors (Lipinski definition) is 1. The van der Waals surface area contributed by atoms with Crippen LogP contribution in [0.4, 0.5) is 5.69 Å². The normalized spacial score (nSPS) is 15.4. The summed E-state index contributed by atoms with van der Waals surface area (Å²) in [6.07, 6.45) is 7.53. The molecule has 0 unspecified atom stereocenters. The predicted molar refractivity (Wildman–Crippen MR) is 86.5 cm³/mol. The standard InChI is InChI=1S/C17H27N3O/c1-13(2)10-11-20(15-6-4-5-7-15)17(21)16-9-8-14(18-3)12-19-16/h8-9,12-13,15,18H,4-7,10-11H2,1-3H3. The van der Waals surface area contributed by atoms with Crippen LogP contribution >= 0.6 is 0 Å². The zero-order valence-electron chi connectivity index (χ0n) is 13.4. The smallest absolute Gasteiger partial charge is 0.272 e. The van der Waals surface area contributed by atoms with E-state index in [2.05, 4.69) is 29.0 Å². The highest BCUT2D eigenvalue weighted by atomic mass is 16.2. The number of nitrogens with zero attached hydrogens (tertiary/aromatic N) is 2. The van der Waals surface area contributed by atoms with E-state index < -0.39 is 0 Å². The molecule has 21 heavy (non-hydrogen) atoms. The number of nitrogens with one attached hydrogen (secondary N) is 1. The molecule has 0 radical (unpaired) electrons. The molecule has 1 heterocycles. The Morgan fingerprint density at radius 1 is 1.38 bits per heavy atom. The third-order valence-corrected chi connectivity index (χ3v) is 4.24. The summed E-state index contributed by atoms with van der Waals surface area (Å²) in [5.74, 6) is 0.700. The van der Waals surface area contributed by atoms with E-state index in [1.165, 1.54) is 12.8 Å². The van der Waals surface area contributed by atoms with Crippen molar-refractivity contribution in [1.82, 2.24) is 9.88 Å². The number of anilines is 1. The van der Waals surface area contributed by atoms with Crippen LogP contribution in [0.25, 0.3) is 0 Å². The fourth-order valence-electron chi connectivity index (χ4n) is 2.88. The molecule has 4 heteroatoms. The molecule has 0 atom stereocenters. The van der Waals surface area contributed by atoms with Crippen LogP contribution in [0.5, 0.6) is 0 Å². The van der Waals surface area contributed by atoms with Crippen LogP contribution < -0.4 is 5.32 Å². The predicted octanol–water partition coefficient (Wildman–Crippen LogP) is 3.55. The monoisotopic (exact) mass is 289 g/mol. The molecule has 0 aliphatic heterocycles. The second-order valence-electron chi connectivity index (χ2n) is 6.30. The summed E-state index contributed by atoms with van der Waals surface area (Å²) in [6, 6.07) is 4.14. The molecule has 2 rings (SSSR count). The minimum atomic E-state index is 0.0882. The van der Waals surface area contributed by atoms with E-state index in [0.29, 0.717) is 17.7 Å². The van der Waals surface area contributed by atoms with Crippen LogP contribution in [0, 0.1) is 5.92 Å². The van der Waals surface area contributed by atoms with Crippen molar-refractivity contribution in [3.63, 3.8) is 0 Å². The first kappa shape index (κ1) is 15.8. The van der Waals surface area contributed by atoms with Gasteiger partial charge in [-0.25, -0.2) is 4.98 Å². The van der Waals surface area contributed by atoms with E-state index in [0.717, 1.165) is 31.5 Å². The summed E-state index contributed by atoms with van der Waals surface area (Å²) in [5.41, 5.74) is 1.49. The molecule has 1 saturated carbocycles. The Labute approximate surface area is 127 Å². The average Bonchev–Trinajstić information content (AvgIpc) is 3.01. The molecule has 0 saturated heterocycles. The lowest BCUT2D eigenvalue weighted by Crippen LogP contribution is -2.40. The molecule has 0 aromatic carbocycles. The van der Waals surface area contributed by atoms with Gasteiger partial charge in [0.2, 0.25) is 0 Å². The first-order valence-corrected chi connectivity index (χ1v) is 8.06. The van der Waals surface area contributed by atoms with Crippen molar-refractivity contribution in [2.45, 2.75) is 52.0 Å². The number of pyridine rings is 1. The highest BCUT2D eigenvalue weighted by Crippen LogP contribution is 2.25. The zero-order chi connectivity index (χ0) is 15.2. The number of carbonyl (C=O) groups excluding carboxylic acids is 1. The zero-order valence-corrected chi connectivity index (χ0v) is 13.4. The van der Waals surface area contributed by atoms with E-state index in [-0.39, 0.29) is 5.91 Å². The average molecular weight is 289 g/mol. The molecule has 1 N–H and O–H groups in total. The first-order chi connectivity index (χ1) is 10.1. The molecule has 4 nitrogen and oxygen atoms in total. The Hall–Kier alpha value is -1.58. The minimum Gasteiger partial charge on any atom is -0.387 e. The lowest BCUT2D eigenvalue weighted by Gasteiger charge is -2.29. The quantitative estimate of drug-likeness (QED) is 0.871. The van der Waals surface area contributed by atoms with Gasteiger partial charge < -0.3 is 10.2 Å². The van der Waals surface area contributed by atoms with Crippen molar-refractivity contribution in [1.29, 1.82) is 0 Å². The summed E-state index contributed by atoms with van der Waals surface area (Å²) in [6.45, 7) is 5.26. The molecule has 1 aromatic heterocycles. The van der Waals surface area contributed by atoms with Gasteiger partial charge in [-0.2, -0.15) is 0 Å². The second kappa shape index (κ2) is 7.43. The molecule has 0 bridgehead atoms. The third-order valence-electron chi connectivity index (χ3n) is 4.24. The Bertz CT molecular complexity index is 450. The summed E-state index contributed by atoms with van der Waals surface area (Å²) in [5, 5.41) is 3.03. The summed E-state index contributed by atoms with van der Waals surface area (Å²) < 4.78 is 0. The number of amides is 1. The second-order valence-corrected chi connectivity index (χ2v) is 6.30. The van der Waals surface area contributed by atoms with Crippen molar-refractivity contribution in [3.8, 4) is 0 Å². The van der Waals surface area contributed by atoms with Crippen molar-refractivity contribution in [3.05, 3.63) is 24.0 Å². The Morgan fingerprint density at radius 2 is 2.10 bits per heavy atom. The molecule has 1 aliphatic carbocycles. The van der Waals surface area contributed by atoms with E-state index in [1.54, 1.807) is 6.20 Å². The number of aromatic nitrogens is 1. The van der Waals surface area contributed by atoms with E-state index in [9.17, 15) is 4.79 Å². The van der Waals surface area contributed by atoms with Gasteiger partial charge in [-0.15, -0.1) is 0 Å². The Balaban J connectivity index is 2.11. The number of hydrogen-bond acceptors (Lipinski definition) is 3. The largest absolute Gasteiger partial charge is 0.387 e. The maximum Gasteiger partial charge on any atom is 0.272 e. The van der Waals surface area contributed by atoms with Gasteiger partial charge in [0, 0.05) is 19.6 Å². The molecular formula is C17H27N3O. The van der Waals surface area contributed by atoms with Gasteiger partial charge in [-0.05, 0) is 37.3 Å². The molecule has 1 aromatic rings. The molecule has 1 amide bonds. The summed E-state index contributed by atoms with van der Waals surface area (Å²) >= 11 is 0. The van der Waals surface area contributed by atoms with Gasteiger partial charge in [0.15, 0.2) is 0 Å². The van der Waals surface area contributed by atoms with Gasteiger partial charge in [0.1, 0.15) is 5.69 Å². The third kappa shape index (κ3) is 4.19. The van der Waals surface area contributed by atoms with Crippen LogP contribution in [-0.4, -0.2) is 35.4 Å². The van der Waals surface area contributed by atoms with Crippen molar-refractivity contribution in [2.24, 2.45) is 5.92 Å². The van der Waals surface area contributed by atoms with Crippen molar-refractivity contribution in [2.75, 3.05) is 18.9 Å². The van der Waals surface area contributed by atoms with Crippen LogP contribution in [0.3, 0.4) is 0 Å². The van der Waals surface area contributed by atoms with Crippen molar-refractivity contribution >= 4 is 11.6 Å². The first-order valence-electron chi connectivity index (χ1n) is 8.06. The Kier molecular flexibility index (Phi) is 5.59. The van der Waals surface area contributed by atoms with Gasteiger partial charge in [-0.1, -0.05) is 26.7 Å². The van der Waals surface area contributed by atoms with Crippen molar-refractivity contribution < 1.29 is 4.79 Å². The van der Waals surface area contributed by atoms with E-state index in [1.807, 2.05) is 19.2 Å². The SMILES string of the molecule is CNc1ccc(C(=O)N(CCC(C)C)C2CCCC2)nc1.